The highest BCUT2D eigenvalue weighted by Gasteiger charge is 2.10. The summed E-state index contributed by atoms with van der Waals surface area (Å²) in [5, 5.41) is 9.61. The van der Waals surface area contributed by atoms with Gasteiger partial charge < -0.3 is 15.7 Å². The minimum Gasteiger partial charge on any atom is -0.388 e. The van der Waals surface area contributed by atoms with Crippen molar-refractivity contribution in [3.63, 3.8) is 0 Å². The van der Waals surface area contributed by atoms with Crippen LogP contribution in [-0.2, 0) is 0 Å². The van der Waals surface area contributed by atoms with Crippen molar-refractivity contribution in [2.24, 2.45) is 5.73 Å². The van der Waals surface area contributed by atoms with Gasteiger partial charge in [0.25, 0.3) is 0 Å². The van der Waals surface area contributed by atoms with Crippen LogP contribution < -0.4 is 10.6 Å². The average Bonchev–Trinajstić information content (AvgIpc) is 2.17. The van der Waals surface area contributed by atoms with Crippen molar-refractivity contribution in [1.82, 2.24) is 0 Å². The summed E-state index contributed by atoms with van der Waals surface area (Å²) in [7, 11) is 3.54. The van der Waals surface area contributed by atoms with E-state index in [4.69, 9.17) is 5.73 Å². The molecule has 0 aliphatic heterocycles. The number of hydrogen-bond acceptors (Lipinski definition) is 3. The smallest absolute Gasteiger partial charge is 0.146 e. The summed E-state index contributed by atoms with van der Waals surface area (Å²) >= 11 is 0. The van der Waals surface area contributed by atoms with Gasteiger partial charge in [-0.25, -0.2) is 4.39 Å². The average molecular weight is 212 g/mol. The summed E-state index contributed by atoms with van der Waals surface area (Å²) in [5.41, 5.74) is 6.41. The first kappa shape index (κ1) is 11.9. The molecule has 0 amide bonds. The van der Waals surface area contributed by atoms with Crippen molar-refractivity contribution < 1.29 is 9.50 Å². The summed E-state index contributed by atoms with van der Waals surface area (Å²) in [6.45, 7) is 0.387. The van der Waals surface area contributed by atoms with E-state index in [1.807, 2.05) is 0 Å². The lowest BCUT2D eigenvalue weighted by Gasteiger charge is -2.16. The minimum atomic E-state index is -0.680. The fraction of sp³-hybridized carbons (Fsp3) is 0.455. The molecule has 1 aromatic rings. The molecule has 0 aromatic heterocycles. The first-order chi connectivity index (χ1) is 7.06. The van der Waals surface area contributed by atoms with E-state index < -0.39 is 6.10 Å². The zero-order chi connectivity index (χ0) is 11.4. The number of benzene rings is 1. The van der Waals surface area contributed by atoms with E-state index in [0.717, 1.165) is 0 Å². The van der Waals surface area contributed by atoms with Crippen molar-refractivity contribution in [1.29, 1.82) is 0 Å². The second-order valence-electron chi connectivity index (χ2n) is 3.70. The highest BCUT2D eigenvalue weighted by atomic mass is 19.1. The van der Waals surface area contributed by atoms with Crippen LogP contribution in [0.4, 0.5) is 10.1 Å². The second-order valence-corrected chi connectivity index (χ2v) is 3.70. The number of hydrogen-bond donors (Lipinski definition) is 2. The molecule has 1 atom stereocenters. The molecule has 15 heavy (non-hydrogen) atoms. The van der Waals surface area contributed by atoms with Crippen LogP contribution in [0.2, 0.25) is 0 Å². The lowest BCUT2D eigenvalue weighted by Crippen LogP contribution is -2.12. The lowest BCUT2D eigenvalue weighted by atomic mass is 10.1. The Kier molecular flexibility index (Phi) is 4.05. The molecule has 0 aliphatic rings. The number of halogens is 1. The highest BCUT2D eigenvalue weighted by Crippen LogP contribution is 2.23. The molecule has 3 nitrogen and oxygen atoms in total. The second kappa shape index (κ2) is 5.09. The molecule has 4 heteroatoms. The Morgan fingerprint density at radius 3 is 2.60 bits per heavy atom. The van der Waals surface area contributed by atoms with Crippen LogP contribution in [0.3, 0.4) is 0 Å². The van der Waals surface area contributed by atoms with Crippen molar-refractivity contribution in [2.45, 2.75) is 12.5 Å². The van der Waals surface area contributed by atoms with Crippen LogP contribution in [0.1, 0.15) is 18.1 Å². The van der Waals surface area contributed by atoms with E-state index in [0.29, 0.717) is 24.2 Å². The summed E-state index contributed by atoms with van der Waals surface area (Å²) < 4.78 is 13.5. The third-order valence-corrected chi connectivity index (χ3v) is 2.28. The van der Waals surface area contributed by atoms with Gasteiger partial charge in [0.15, 0.2) is 0 Å². The summed E-state index contributed by atoms with van der Waals surface area (Å²) in [5.74, 6) is -0.325. The Morgan fingerprint density at radius 1 is 1.47 bits per heavy atom. The predicted molar refractivity (Wildman–Crippen MR) is 59.4 cm³/mol. The number of nitrogens with zero attached hydrogens (tertiary/aromatic N) is 1. The van der Waals surface area contributed by atoms with Crippen molar-refractivity contribution in [2.75, 3.05) is 25.5 Å². The standard InChI is InChI=1S/C11H17FN2O/c1-14(2)10-4-3-8(7-9(10)12)11(15)5-6-13/h3-4,7,11,15H,5-6,13H2,1-2H3. The molecule has 0 fully saturated rings. The van der Waals surface area contributed by atoms with Crippen molar-refractivity contribution in [3.8, 4) is 0 Å². The number of anilines is 1. The largest absolute Gasteiger partial charge is 0.388 e. The maximum atomic E-state index is 13.5. The molecule has 0 spiro atoms. The summed E-state index contributed by atoms with van der Waals surface area (Å²) in [6.07, 6.45) is -0.235. The molecule has 0 radical (unpaired) electrons. The molecule has 0 heterocycles. The van der Waals surface area contributed by atoms with Crippen LogP contribution in [-0.4, -0.2) is 25.7 Å². The maximum Gasteiger partial charge on any atom is 0.146 e. The molecule has 1 unspecified atom stereocenters. The minimum absolute atomic E-state index is 0.325. The topological polar surface area (TPSA) is 49.5 Å². The van der Waals surface area contributed by atoms with Gasteiger partial charge in [0.2, 0.25) is 0 Å². The van der Waals surface area contributed by atoms with Gasteiger partial charge in [0, 0.05) is 14.1 Å². The van der Waals surface area contributed by atoms with Gasteiger partial charge in [-0.05, 0) is 30.7 Å². The Hall–Kier alpha value is -1.13. The van der Waals surface area contributed by atoms with Gasteiger partial charge in [0.05, 0.1) is 11.8 Å². The molecule has 3 N–H and O–H groups in total. The Morgan fingerprint density at radius 2 is 2.13 bits per heavy atom. The normalized spacial score (nSPS) is 12.6. The van der Waals surface area contributed by atoms with Crippen LogP contribution in [0.5, 0.6) is 0 Å². The van der Waals surface area contributed by atoms with Crippen LogP contribution >= 0.6 is 0 Å². The maximum absolute atomic E-state index is 13.5. The third kappa shape index (κ3) is 2.91. The van der Waals surface area contributed by atoms with Gasteiger partial charge in [-0.1, -0.05) is 6.07 Å². The highest BCUT2D eigenvalue weighted by molar-refractivity contribution is 5.48. The molecule has 84 valence electrons. The van der Waals surface area contributed by atoms with Crippen LogP contribution in [0.25, 0.3) is 0 Å². The van der Waals surface area contributed by atoms with E-state index in [1.165, 1.54) is 6.07 Å². The van der Waals surface area contributed by atoms with Crippen molar-refractivity contribution >= 4 is 5.69 Å². The molecule has 0 aliphatic carbocycles. The van der Waals surface area contributed by atoms with E-state index in [2.05, 4.69) is 0 Å². The number of rotatable bonds is 4. The van der Waals surface area contributed by atoms with Gasteiger partial charge >= 0.3 is 0 Å². The van der Waals surface area contributed by atoms with E-state index in [-0.39, 0.29) is 5.82 Å². The van der Waals surface area contributed by atoms with Gasteiger partial charge in [-0.15, -0.1) is 0 Å². The Labute approximate surface area is 89.3 Å². The van der Waals surface area contributed by atoms with Crippen molar-refractivity contribution in [3.05, 3.63) is 29.6 Å². The molecule has 1 aromatic carbocycles. The molecule has 0 bridgehead atoms. The molecule has 0 saturated heterocycles. The van der Waals surface area contributed by atoms with E-state index in [1.54, 1.807) is 31.1 Å². The molecular formula is C11H17FN2O. The van der Waals surface area contributed by atoms with Gasteiger partial charge in [-0.2, -0.15) is 0 Å². The third-order valence-electron chi connectivity index (χ3n) is 2.28. The number of aliphatic hydroxyl groups is 1. The Balaban J connectivity index is 2.91. The van der Waals surface area contributed by atoms with Gasteiger partial charge in [0.1, 0.15) is 5.82 Å². The molecular weight excluding hydrogens is 195 g/mol. The quantitative estimate of drug-likeness (QED) is 0.790. The monoisotopic (exact) mass is 212 g/mol. The van der Waals surface area contributed by atoms with E-state index in [9.17, 15) is 9.50 Å². The fourth-order valence-corrected chi connectivity index (χ4v) is 1.42. The SMILES string of the molecule is CN(C)c1ccc(C(O)CCN)cc1F. The van der Waals surface area contributed by atoms with E-state index >= 15 is 0 Å². The summed E-state index contributed by atoms with van der Waals surface area (Å²) in [6, 6.07) is 4.73. The van der Waals surface area contributed by atoms with Crippen LogP contribution in [0, 0.1) is 5.82 Å². The number of nitrogens with two attached hydrogens (primary N) is 1. The Bertz CT molecular complexity index is 328. The van der Waals surface area contributed by atoms with Gasteiger partial charge in [-0.3, -0.25) is 0 Å². The first-order valence-corrected chi connectivity index (χ1v) is 4.91. The number of aliphatic hydroxyl groups excluding tert-OH is 1. The molecule has 1 rings (SSSR count). The zero-order valence-electron chi connectivity index (χ0n) is 9.07. The predicted octanol–water partition coefficient (Wildman–Crippen LogP) is 1.27. The molecule has 0 saturated carbocycles. The van der Waals surface area contributed by atoms with Crippen LogP contribution in [0.15, 0.2) is 18.2 Å². The first-order valence-electron chi connectivity index (χ1n) is 4.91. The zero-order valence-corrected chi connectivity index (χ0v) is 9.07. The summed E-state index contributed by atoms with van der Waals surface area (Å²) in [4.78, 5) is 1.69. The lowest BCUT2D eigenvalue weighted by molar-refractivity contribution is 0.170. The fourth-order valence-electron chi connectivity index (χ4n) is 1.42.